The Morgan fingerprint density at radius 3 is 2.73 bits per heavy atom. The molecule has 1 aliphatic heterocycles. The summed E-state index contributed by atoms with van der Waals surface area (Å²) in [7, 11) is 1.29. The second kappa shape index (κ2) is 4.18. The van der Waals surface area contributed by atoms with E-state index in [0.717, 1.165) is 0 Å². The van der Waals surface area contributed by atoms with E-state index in [9.17, 15) is 9.59 Å². The summed E-state index contributed by atoms with van der Waals surface area (Å²) in [5.41, 5.74) is 5.41. The van der Waals surface area contributed by atoms with Crippen molar-refractivity contribution in [3.63, 3.8) is 0 Å². The van der Waals surface area contributed by atoms with Crippen LogP contribution < -0.4 is 11.1 Å². The zero-order valence-corrected chi connectivity index (χ0v) is 9.37. The SMILES string of the molecule is COC(=O)C(N)CC1CC(C)(C)NC1=O. The number of methoxy groups -OCH3 is 1. The summed E-state index contributed by atoms with van der Waals surface area (Å²) in [5.74, 6) is -0.680. The van der Waals surface area contributed by atoms with Gasteiger partial charge in [0.2, 0.25) is 5.91 Å². The van der Waals surface area contributed by atoms with Crippen molar-refractivity contribution < 1.29 is 14.3 Å². The van der Waals surface area contributed by atoms with Gasteiger partial charge >= 0.3 is 5.97 Å². The molecule has 5 nitrogen and oxygen atoms in total. The molecule has 0 radical (unpaired) electrons. The van der Waals surface area contributed by atoms with Gasteiger partial charge in [-0.05, 0) is 26.7 Å². The minimum Gasteiger partial charge on any atom is -0.468 e. The van der Waals surface area contributed by atoms with Crippen molar-refractivity contribution in [2.24, 2.45) is 11.7 Å². The summed E-state index contributed by atoms with van der Waals surface area (Å²) in [6.45, 7) is 3.91. The molecule has 0 aliphatic carbocycles. The second-order valence-electron chi connectivity index (χ2n) is 4.64. The number of carbonyl (C=O) groups is 2. The summed E-state index contributed by atoms with van der Waals surface area (Å²) in [4.78, 5) is 22.6. The number of amides is 1. The molecule has 15 heavy (non-hydrogen) atoms. The summed E-state index contributed by atoms with van der Waals surface area (Å²) in [6, 6.07) is -0.709. The molecule has 1 saturated heterocycles. The van der Waals surface area contributed by atoms with E-state index in [1.165, 1.54) is 7.11 Å². The molecular formula is C10H18N2O3. The highest BCUT2D eigenvalue weighted by Crippen LogP contribution is 2.27. The topological polar surface area (TPSA) is 81.4 Å². The Kier molecular flexibility index (Phi) is 3.34. The van der Waals surface area contributed by atoms with Gasteiger partial charge < -0.3 is 15.8 Å². The lowest BCUT2D eigenvalue weighted by Gasteiger charge is -2.17. The number of carbonyl (C=O) groups excluding carboxylic acids is 2. The van der Waals surface area contributed by atoms with E-state index in [0.29, 0.717) is 12.8 Å². The fourth-order valence-electron chi connectivity index (χ4n) is 1.94. The van der Waals surface area contributed by atoms with Crippen molar-refractivity contribution >= 4 is 11.9 Å². The van der Waals surface area contributed by atoms with Crippen LogP contribution in [0.4, 0.5) is 0 Å². The maximum atomic E-state index is 11.5. The van der Waals surface area contributed by atoms with Gasteiger partial charge in [0.15, 0.2) is 0 Å². The van der Waals surface area contributed by atoms with Gasteiger partial charge in [-0.3, -0.25) is 9.59 Å². The molecule has 0 saturated carbocycles. The normalized spacial score (nSPS) is 25.9. The van der Waals surface area contributed by atoms with Crippen LogP contribution in [-0.4, -0.2) is 30.6 Å². The number of ether oxygens (including phenoxy) is 1. The van der Waals surface area contributed by atoms with Crippen LogP contribution >= 0.6 is 0 Å². The van der Waals surface area contributed by atoms with Crippen molar-refractivity contribution in [3.8, 4) is 0 Å². The van der Waals surface area contributed by atoms with E-state index < -0.39 is 12.0 Å². The maximum absolute atomic E-state index is 11.5. The molecule has 0 bridgehead atoms. The molecule has 2 unspecified atom stereocenters. The number of hydrogen-bond donors (Lipinski definition) is 2. The average Bonchev–Trinajstić information content (AvgIpc) is 2.38. The van der Waals surface area contributed by atoms with E-state index in [1.807, 2.05) is 13.8 Å². The second-order valence-corrected chi connectivity index (χ2v) is 4.64. The third-order valence-corrected chi connectivity index (χ3v) is 2.63. The highest BCUT2D eigenvalue weighted by molar-refractivity contribution is 5.83. The van der Waals surface area contributed by atoms with E-state index in [4.69, 9.17) is 5.73 Å². The van der Waals surface area contributed by atoms with Crippen molar-refractivity contribution in [1.82, 2.24) is 5.32 Å². The van der Waals surface area contributed by atoms with Crippen LogP contribution in [0.25, 0.3) is 0 Å². The zero-order chi connectivity index (χ0) is 11.6. The van der Waals surface area contributed by atoms with Crippen LogP contribution in [0.5, 0.6) is 0 Å². The molecule has 1 amide bonds. The van der Waals surface area contributed by atoms with E-state index in [1.54, 1.807) is 0 Å². The fraction of sp³-hybridized carbons (Fsp3) is 0.800. The number of hydrogen-bond acceptors (Lipinski definition) is 4. The minimum absolute atomic E-state index is 0.0284. The average molecular weight is 214 g/mol. The largest absolute Gasteiger partial charge is 0.468 e. The predicted octanol–water partition coefficient (Wildman–Crippen LogP) is -0.208. The standard InChI is InChI=1S/C10H18N2O3/c1-10(2)5-6(8(13)12-10)4-7(11)9(14)15-3/h6-7H,4-5,11H2,1-3H3,(H,12,13). The molecular weight excluding hydrogens is 196 g/mol. The molecule has 1 heterocycles. The zero-order valence-electron chi connectivity index (χ0n) is 9.37. The number of nitrogens with one attached hydrogen (secondary N) is 1. The molecule has 1 fully saturated rings. The van der Waals surface area contributed by atoms with Gasteiger partial charge in [-0.2, -0.15) is 0 Å². The van der Waals surface area contributed by atoms with Crippen molar-refractivity contribution in [1.29, 1.82) is 0 Å². The van der Waals surface area contributed by atoms with E-state index >= 15 is 0 Å². The smallest absolute Gasteiger partial charge is 0.322 e. The highest BCUT2D eigenvalue weighted by atomic mass is 16.5. The summed E-state index contributed by atoms with van der Waals surface area (Å²) in [5, 5.41) is 2.86. The van der Waals surface area contributed by atoms with Crippen LogP contribution in [0.15, 0.2) is 0 Å². The molecule has 0 aromatic heterocycles. The van der Waals surface area contributed by atoms with Crippen molar-refractivity contribution in [3.05, 3.63) is 0 Å². The molecule has 3 N–H and O–H groups in total. The van der Waals surface area contributed by atoms with Gasteiger partial charge in [-0.1, -0.05) is 0 Å². The lowest BCUT2D eigenvalue weighted by Crippen LogP contribution is -2.36. The van der Waals surface area contributed by atoms with Crippen molar-refractivity contribution in [2.45, 2.75) is 38.3 Å². The highest BCUT2D eigenvalue weighted by Gasteiger charge is 2.38. The minimum atomic E-state index is -0.709. The third-order valence-electron chi connectivity index (χ3n) is 2.63. The quantitative estimate of drug-likeness (QED) is 0.637. The third kappa shape index (κ3) is 2.92. The molecule has 0 spiro atoms. The predicted molar refractivity (Wildman–Crippen MR) is 54.9 cm³/mol. The molecule has 1 rings (SSSR count). The first-order valence-corrected chi connectivity index (χ1v) is 5.01. The van der Waals surface area contributed by atoms with Gasteiger partial charge in [-0.25, -0.2) is 0 Å². The lowest BCUT2D eigenvalue weighted by atomic mass is 9.92. The molecule has 86 valence electrons. The summed E-state index contributed by atoms with van der Waals surface area (Å²) >= 11 is 0. The van der Waals surface area contributed by atoms with Gasteiger partial charge in [0.25, 0.3) is 0 Å². The summed E-state index contributed by atoms with van der Waals surface area (Å²) < 4.78 is 4.51. The van der Waals surface area contributed by atoms with Crippen LogP contribution in [0.2, 0.25) is 0 Å². The lowest BCUT2D eigenvalue weighted by molar-refractivity contribution is -0.142. The monoisotopic (exact) mass is 214 g/mol. The molecule has 0 aromatic carbocycles. The van der Waals surface area contributed by atoms with Gasteiger partial charge in [0.1, 0.15) is 6.04 Å². The fourth-order valence-corrected chi connectivity index (χ4v) is 1.94. The van der Waals surface area contributed by atoms with E-state index in [-0.39, 0.29) is 17.4 Å². The number of nitrogens with two attached hydrogens (primary N) is 1. The summed E-state index contributed by atoms with van der Waals surface area (Å²) in [6.07, 6.45) is 1.05. The van der Waals surface area contributed by atoms with Crippen molar-refractivity contribution in [2.75, 3.05) is 7.11 Å². The number of rotatable bonds is 3. The molecule has 0 aromatic rings. The van der Waals surface area contributed by atoms with Gasteiger partial charge in [-0.15, -0.1) is 0 Å². The Morgan fingerprint density at radius 2 is 2.33 bits per heavy atom. The molecule has 2 atom stereocenters. The maximum Gasteiger partial charge on any atom is 0.322 e. The van der Waals surface area contributed by atoms with Crippen LogP contribution in [0.1, 0.15) is 26.7 Å². The Balaban J connectivity index is 2.53. The first-order chi connectivity index (χ1) is 6.85. The molecule has 5 heteroatoms. The van der Waals surface area contributed by atoms with Gasteiger partial charge in [0, 0.05) is 11.5 Å². The van der Waals surface area contributed by atoms with Crippen LogP contribution in [0.3, 0.4) is 0 Å². The van der Waals surface area contributed by atoms with Crippen LogP contribution in [-0.2, 0) is 14.3 Å². The van der Waals surface area contributed by atoms with Crippen LogP contribution in [0, 0.1) is 5.92 Å². The Labute approximate surface area is 89.3 Å². The Bertz CT molecular complexity index is 276. The first kappa shape index (κ1) is 12.0. The first-order valence-electron chi connectivity index (χ1n) is 5.01. The van der Waals surface area contributed by atoms with E-state index in [2.05, 4.69) is 10.1 Å². The Morgan fingerprint density at radius 1 is 1.73 bits per heavy atom. The Hall–Kier alpha value is -1.10. The number of esters is 1. The van der Waals surface area contributed by atoms with Gasteiger partial charge in [0.05, 0.1) is 7.11 Å². The molecule has 1 aliphatic rings.